The number of carbonyl (C=O) groups excluding carboxylic acids is 1. The molecular formula is C25H26N4O3. The van der Waals surface area contributed by atoms with Crippen LogP contribution in [-0.2, 0) is 13.0 Å². The summed E-state index contributed by atoms with van der Waals surface area (Å²) in [6, 6.07) is 17.2. The van der Waals surface area contributed by atoms with Crippen LogP contribution in [0.15, 0.2) is 54.6 Å². The summed E-state index contributed by atoms with van der Waals surface area (Å²) in [6.07, 6.45) is 0.825. The van der Waals surface area contributed by atoms with E-state index >= 15 is 0 Å². The number of nitrogens with zero attached hydrogens (tertiary/aromatic N) is 3. The average Bonchev–Trinajstić information content (AvgIpc) is 3.09. The highest BCUT2D eigenvalue weighted by Gasteiger charge is 2.18. The number of hydrogen-bond donors (Lipinski definition) is 1. The number of benzene rings is 2. The fourth-order valence-electron chi connectivity index (χ4n) is 3.75. The van der Waals surface area contributed by atoms with Crippen LogP contribution in [0.2, 0.25) is 0 Å². The fourth-order valence-corrected chi connectivity index (χ4v) is 3.75. The van der Waals surface area contributed by atoms with Gasteiger partial charge in [0.15, 0.2) is 0 Å². The van der Waals surface area contributed by atoms with Gasteiger partial charge in [-0.05, 0) is 44.0 Å². The third-order valence-corrected chi connectivity index (χ3v) is 5.54. The van der Waals surface area contributed by atoms with E-state index < -0.39 is 0 Å². The molecule has 0 bridgehead atoms. The van der Waals surface area contributed by atoms with E-state index in [2.05, 4.69) is 27.5 Å². The van der Waals surface area contributed by atoms with Crippen molar-refractivity contribution in [2.24, 2.45) is 0 Å². The second-order valence-corrected chi connectivity index (χ2v) is 7.55. The summed E-state index contributed by atoms with van der Waals surface area (Å²) in [5.74, 6) is 1.02. The molecule has 1 N–H and O–H groups in total. The standard InChI is InChI=1S/C25H26N4O3/c1-16-24(17(2)29(28-16)14-13-18-9-11-19(31-3)12-10-18)27-25(30)21-15-23(32-4)26-22-8-6-5-7-20(21)22/h5-12,15H,13-14H2,1-4H3,(H,27,30). The molecule has 2 heterocycles. The number of para-hydroxylation sites is 1. The zero-order valence-electron chi connectivity index (χ0n) is 18.7. The summed E-state index contributed by atoms with van der Waals surface area (Å²) >= 11 is 0. The van der Waals surface area contributed by atoms with E-state index in [4.69, 9.17) is 9.47 Å². The first-order valence-electron chi connectivity index (χ1n) is 10.4. The van der Waals surface area contributed by atoms with Gasteiger partial charge in [-0.15, -0.1) is 0 Å². The minimum atomic E-state index is -0.220. The molecule has 32 heavy (non-hydrogen) atoms. The van der Waals surface area contributed by atoms with Gasteiger partial charge in [0, 0.05) is 18.0 Å². The summed E-state index contributed by atoms with van der Waals surface area (Å²) in [5.41, 5.74) is 4.83. The van der Waals surface area contributed by atoms with Crippen LogP contribution in [-0.4, -0.2) is 34.9 Å². The third-order valence-electron chi connectivity index (χ3n) is 5.54. The second-order valence-electron chi connectivity index (χ2n) is 7.55. The summed E-state index contributed by atoms with van der Waals surface area (Å²) in [5, 5.41) is 8.46. The Morgan fingerprint density at radius 1 is 1.03 bits per heavy atom. The molecule has 0 saturated carbocycles. The lowest BCUT2D eigenvalue weighted by molar-refractivity contribution is 0.102. The van der Waals surface area contributed by atoms with Crippen LogP contribution < -0.4 is 14.8 Å². The molecule has 164 valence electrons. The highest BCUT2D eigenvalue weighted by Crippen LogP contribution is 2.25. The normalized spacial score (nSPS) is 10.9. The molecule has 7 heteroatoms. The molecule has 0 atom stereocenters. The van der Waals surface area contributed by atoms with Crippen molar-refractivity contribution in [3.63, 3.8) is 0 Å². The van der Waals surface area contributed by atoms with E-state index in [1.165, 1.54) is 5.56 Å². The van der Waals surface area contributed by atoms with Crippen LogP contribution in [0.3, 0.4) is 0 Å². The summed E-state index contributed by atoms with van der Waals surface area (Å²) < 4.78 is 12.4. The number of methoxy groups -OCH3 is 2. The molecule has 0 fully saturated rings. The SMILES string of the molecule is COc1ccc(CCn2nc(C)c(NC(=O)c3cc(OC)nc4ccccc34)c2C)cc1. The first-order chi connectivity index (χ1) is 15.5. The minimum absolute atomic E-state index is 0.220. The van der Waals surface area contributed by atoms with E-state index in [0.29, 0.717) is 23.5 Å². The predicted molar refractivity (Wildman–Crippen MR) is 125 cm³/mol. The number of carbonyl (C=O) groups is 1. The molecule has 2 aromatic carbocycles. The minimum Gasteiger partial charge on any atom is -0.497 e. The van der Waals surface area contributed by atoms with Gasteiger partial charge < -0.3 is 14.8 Å². The second kappa shape index (κ2) is 9.09. The first kappa shape index (κ1) is 21.4. The topological polar surface area (TPSA) is 78.3 Å². The Balaban J connectivity index is 1.55. The number of pyridine rings is 1. The van der Waals surface area contributed by atoms with Crippen LogP contribution in [0.4, 0.5) is 5.69 Å². The van der Waals surface area contributed by atoms with Gasteiger partial charge in [0.2, 0.25) is 5.88 Å². The van der Waals surface area contributed by atoms with Crippen LogP contribution in [0.1, 0.15) is 27.3 Å². The molecule has 4 rings (SSSR count). The van der Waals surface area contributed by atoms with Gasteiger partial charge in [-0.25, -0.2) is 4.98 Å². The number of rotatable bonds is 7. The molecule has 0 spiro atoms. The Bertz CT molecular complexity index is 1260. The Morgan fingerprint density at radius 3 is 2.50 bits per heavy atom. The quantitative estimate of drug-likeness (QED) is 0.465. The van der Waals surface area contributed by atoms with Gasteiger partial charge in [0.25, 0.3) is 5.91 Å². The van der Waals surface area contributed by atoms with Crippen molar-refractivity contribution in [1.82, 2.24) is 14.8 Å². The van der Waals surface area contributed by atoms with Gasteiger partial charge in [0.05, 0.1) is 42.4 Å². The number of hydrogen-bond acceptors (Lipinski definition) is 5. The molecule has 1 amide bonds. The maximum absolute atomic E-state index is 13.2. The molecule has 0 aliphatic heterocycles. The zero-order valence-corrected chi connectivity index (χ0v) is 18.7. The van der Waals surface area contributed by atoms with E-state index in [1.807, 2.05) is 54.9 Å². The molecule has 0 aliphatic rings. The summed E-state index contributed by atoms with van der Waals surface area (Å²) in [7, 11) is 3.20. The highest BCUT2D eigenvalue weighted by molar-refractivity contribution is 6.13. The van der Waals surface area contributed by atoms with E-state index in [0.717, 1.165) is 34.6 Å². The van der Waals surface area contributed by atoms with E-state index in [9.17, 15) is 4.79 Å². The molecule has 4 aromatic rings. The smallest absolute Gasteiger partial charge is 0.256 e. The molecule has 2 aromatic heterocycles. The zero-order chi connectivity index (χ0) is 22.7. The lowest BCUT2D eigenvalue weighted by Gasteiger charge is -2.10. The van der Waals surface area contributed by atoms with Crippen LogP contribution in [0.5, 0.6) is 11.6 Å². The van der Waals surface area contributed by atoms with Crippen molar-refractivity contribution in [2.75, 3.05) is 19.5 Å². The maximum atomic E-state index is 13.2. The number of anilines is 1. The van der Waals surface area contributed by atoms with Crippen molar-refractivity contribution in [1.29, 1.82) is 0 Å². The average molecular weight is 431 g/mol. The third kappa shape index (κ3) is 4.27. The Morgan fingerprint density at radius 2 is 1.78 bits per heavy atom. The summed E-state index contributed by atoms with van der Waals surface area (Å²) in [4.78, 5) is 17.6. The lowest BCUT2D eigenvalue weighted by Crippen LogP contribution is -2.14. The van der Waals surface area contributed by atoms with Crippen LogP contribution >= 0.6 is 0 Å². The molecule has 7 nitrogen and oxygen atoms in total. The van der Waals surface area contributed by atoms with Crippen molar-refractivity contribution >= 4 is 22.5 Å². The monoisotopic (exact) mass is 430 g/mol. The number of aryl methyl sites for hydroxylation is 3. The number of nitrogens with one attached hydrogen (secondary N) is 1. The van der Waals surface area contributed by atoms with Crippen molar-refractivity contribution in [2.45, 2.75) is 26.8 Å². The predicted octanol–water partition coefficient (Wildman–Crippen LogP) is 4.56. The summed E-state index contributed by atoms with van der Waals surface area (Å²) in [6.45, 7) is 4.58. The number of aromatic nitrogens is 3. The number of amides is 1. The molecule has 0 aliphatic carbocycles. The highest BCUT2D eigenvalue weighted by atomic mass is 16.5. The Hall–Kier alpha value is -3.87. The first-order valence-corrected chi connectivity index (χ1v) is 10.4. The largest absolute Gasteiger partial charge is 0.497 e. The maximum Gasteiger partial charge on any atom is 0.256 e. The lowest BCUT2D eigenvalue weighted by atomic mass is 10.1. The van der Waals surface area contributed by atoms with Gasteiger partial charge in [-0.3, -0.25) is 9.48 Å². The van der Waals surface area contributed by atoms with Crippen molar-refractivity contribution < 1.29 is 14.3 Å². The van der Waals surface area contributed by atoms with Gasteiger partial charge >= 0.3 is 0 Å². The molecule has 0 radical (unpaired) electrons. The Labute approximate surface area is 187 Å². The Kier molecular flexibility index (Phi) is 6.07. The van der Waals surface area contributed by atoms with Crippen LogP contribution in [0, 0.1) is 13.8 Å². The number of fused-ring (bicyclic) bond motifs is 1. The number of ether oxygens (including phenoxy) is 2. The van der Waals surface area contributed by atoms with E-state index in [1.54, 1.807) is 20.3 Å². The van der Waals surface area contributed by atoms with Crippen molar-refractivity contribution in [3.05, 3.63) is 77.1 Å². The van der Waals surface area contributed by atoms with E-state index in [-0.39, 0.29) is 5.91 Å². The van der Waals surface area contributed by atoms with Gasteiger partial charge in [-0.2, -0.15) is 5.10 Å². The van der Waals surface area contributed by atoms with Crippen LogP contribution in [0.25, 0.3) is 10.9 Å². The van der Waals surface area contributed by atoms with Crippen molar-refractivity contribution in [3.8, 4) is 11.6 Å². The van der Waals surface area contributed by atoms with Gasteiger partial charge in [-0.1, -0.05) is 30.3 Å². The van der Waals surface area contributed by atoms with Gasteiger partial charge in [0.1, 0.15) is 5.75 Å². The molecule has 0 unspecified atom stereocenters. The molecule has 0 saturated heterocycles. The molecular weight excluding hydrogens is 404 g/mol. The fraction of sp³-hybridized carbons (Fsp3) is 0.240.